The molecule has 0 aliphatic heterocycles. The van der Waals surface area contributed by atoms with Crippen LogP contribution in [0.25, 0.3) is 4.96 Å². The van der Waals surface area contributed by atoms with E-state index in [0.29, 0.717) is 17.3 Å². The molecule has 2 N–H and O–H groups in total. The maximum Gasteiger partial charge on any atom is 0.260 e. The third-order valence-corrected chi connectivity index (χ3v) is 5.96. The molecule has 6 nitrogen and oxygen atoms in total. The van der Waals surface area contributed by atoms with Crippen LogP contribution in [0, 0.1) is 0 Å². The number of sulfonamides is 1. The Hall–Kier alpha value is -0.770. The highest BCUT2D eigenvalue weighted by molar-refractivity contribution is 7.98. The third-order valence-electron chi connectivity index (χ3n) is 3.03. The molecule has 0 aromatic carbocycles. The average Bonchev–Trinajstić information content (AvgIpc) is 3.02. The van der Waals surface area contributed by atoms with Crippen molar-refractivity contribution in [2.24, 2.45) is 0 Å². The molecule has 2 aromatic heterocycles. The van der Waals surface area contributed by atoms with Crippen molar-refractivity contribution in [3.8, 4) is 0 Å². The number of imidazole rings is 1. The normalized spacial score (nSPS) is 12.1. The van der Waals surface area contributed by atoms with Gasteiger partial charge in [0.1, 0.15) is 0 Å². The Kier molecular flexibility index (Phi) is 5.91. The molecule has 0 unspecified atom stereocenters. The maximum atomic E-state index is 12.5. The molecule has 118 valence electrons. The SMILES string of the molecule is CNc1nc2sccn2c1S(=O)(=O)NCCCCCSC. The van der Waals surface area contributed by atoms with Gasteiger partial charge in [0.15, 0.2) is 15.8 Å². The van der Waals surface area contributed by atoms with Crippen LogP contribution in [0.2, 0.25) is 0 Å². The van der Waals surface area contributed by atoms with Gasteiger partial charge in [0.25, 0.3) is 10.0 Å². The van der Waals surface area contributed by atoms with Gasteiger partial charge in [0.05, 0.1) is 0 Å². The lowest BCUT2D eigenvalue weighted by Gasteiger charge is -2.07. The molecular weight excluding hydrogens is 328 g/mol. The standard InChI is InChI=1S/C12H20N4O2S3/c1-13-10-11(16-7-9-20-12(16)15-10)21(17,18)14-6-4-3-5-8-19-2/h7,9,13-14H,3-6,8H2,1-2H3. The summed E-state index contributed by atoms with van der Waals surface area (Å²) in [4.78, 5) is 4.94. The van der Waals surface area contributed by atoms with Crippen molar-refractivity contribution in [2.45, 2.75) is 24.3 Å². The quantitative estimate of drug-likeness (QED) is 0.680. The predicted octanol–water partition coefficient (Wildman–Crippen LogP) is 2.25. The van der Waals surface area contributed by atoms with Gasteiger partial charge in [0.2, 0.25) is 0 Å². The molecule has 0 saturated carbocycles. The van der Waals surface area contributed by atoms with E-state index in [4.69, 9.17) is 0 Å². The summed E-state index contributed by atoms with van der Waals surface area (Å²) in [6.07, 6.45) is 6.80. The first-order valence-electron chi connectivity index (χ1n) is 6.72. The molecule has 0 atom stereocenters. The van der Waals surface area contributed by atoms with E-state index in [2.05, 4.69) is 21.3 Å². The smallest absolute Gasteiger partial charge is 0.260 e. The monoisotopic (exact) mass is 348 g/mol. The third kappa shape index (κ3) is 3.91. The van der Waals surface area contributed by atoms with E-state index in [1.54, 1.807) is 17.6 Å². The number of hydrogen-bond donors (Lipinski definition) is 2. The zero-order valence-corrected chi connectivity index (χ0v) is 14.6. The number of thioether (sulfide) groups is 1. The Morgan fingerprint density at radius 1 is 1.38 bits per heavy atom. The van der Waals surface area contributed by atoms with Gasteiger partial charge in [-0.25, -0.2) is 18.1 Å². The van der Waals surface area contributed by atoms with Gasteiger partial charge in [-0.05, 0) is 24.9 Å². The van der Waals surface area contributed by atoms with Crippen molar-refractivity contribution in [3.63, 3.8) is 0 Å². The number of aromatic nitrogens is 2. The molecule has 2 heterocycles. The minimum Gasteiger partial charge on any atom is -0.371 e. The molecule has 0 radical (unpaired) electrons. The van der Waals surface area contributed by atoms with Crippen LogP contribution in [0.3, 0.4) is 0 Å². The number of fused-ring (bicyclic) bond motifs is 1. The van der Waals surface area contributed by atoms with Crippen LogP contribution < -0.4 is 10.0 Å². The summed E-state index contributed by atoms with van der Waals surface area (Å²) in [5.74, 6) is 1.51. The fourth-order valence-corrected chi connectivity index (χ4v) is 4.63. The fourth-order valence-electron chi connectivity index (χ4n) is 2.01. The van der Waals surface area contributed by atoms with Crippen LogP contribution in [0.1, 0.15) is 19.3 Å². The van der Waals surface area contributed by atoms with E-state index in [-0.39, 0.29) is 5.03 Å². The van der Waals surface area contributed by atoms with Crippen molar-refractivity contribution >= 4 is 43.9 Å². The molecular formula is C12H20N4O2S3. The number of unbranched alkanes of at least 4 members (excludes halogenated alkanes) is 2. The molecule has 0 saturated heterocycles. The van der Waals surface area contributed by atoms with E-state index in [1.165, 1.54) is 11.3 Å². The van der Waals surface area contributed by atoms with Crippen molar-refractivity contribution in [2.75, 3.05) is 30.9 Å². The van der Waals surface area contributed by atoms with E-state index < -0.39 is 10.0 Å². The highest BCUT2D eigenvalue weighted by atomic mass is 32.2. The molecule has 0 amide bonds. The number of anilines is 1. The molecule has 2 rings (SSSR count). The second-order valence-electron chi connectivity index (χ2n) is 4.52. The highest BCUT2D eigenvalue weighted by Gasteiger charge is 2.24. The molecule has 0 spiro atoms. The van der Waals surface area contributed by atoms with Gasteiger partial charge in [-0.15, -0.1) is 11.3 Å². The molecule has 0 bridgehead atoms. The molecule has 2 aromatic rings. The summed E-state index contributed by atoms with van der Waals surface area (Å²) in [6, 6.07) is 0. The average molecular weight is 349 g/mol. The van der Waals surface area contributed by atoms with E-state index in [0.717, 1.165) is 25.0 Å². The van der Waals surface area contributed by atoms with Crippen LogP contribution in [-0.2, 0) is 10.0 Å². The van der Waals surface area contributed by atoms with Crippen molar-refractivity contribution in [3.05, 3.63) is 11.6 Å². The Labute approximate surface area is 133 Å². The number of rotatable bonds is 9. The van der Waals surface area contributed by atoms with Crippen LogP contribution in [0.15, 0.2) is 16.6 Å². The van der Waals surface area contributed by atoms with Crippen LogP contribution in [0.5, 0.6) is 0 Å². The first kappa shape index (κ1) is 16.6. The van der Waals surface area contributed by atoms with Crippen molar-refractivity contribution in [1.29, 1.82) is 0 Å². The number of nitrogens with one attached hydrogen (secondary N) is 2. The second-order valence-corrected chi connectivity index (χ2v) is 8.06. The predicted molar refractivity (Wildman–Crippen MR) is 90.0 cm³/mol. The molecule has 0 aliphatic rings. The number of thiazole rings is 1. The first-order valence-corrected chi connectivity index (χ1v) is 10.5. The topological polar surface area (TPSA) is 75.5 Å². The summed E-state index contributed by atoms with van der Waals surface area (Å²) in [6.45, 7) is 0.456. The Bertz CT molecular complexity index is 678. The maximum absolute atomic E-state index is 12.5. The zero-order valence-electron chi connectivity index (χ0n) is 12.1. The number of hydrogen-bond acceptors (Lipinski definition) is 6. The summed E-state index contributed by atoms with van der Waals surface area (Å²) < 4.78 is 29.2. The Balaban J connectivity index is 2.05. The van der Waals surface area contributed by atoms with Gasteiger partial charge < -0.3 is 5.32 Å². The van der Waals surface area contributed by atoms with Crippen LogP contribution in [-0.4, -0.2) is 43.4 Å². The summed E-state index contributed by atoms with van der Waals surface area (Å²) in [7, 11) is -1.89. The van der Waals surface area contributed by atoms with Gasteiger partial charge in [-0.2, -0.15) is 11.8 Å². The van der Waals surface area contributed by atoms with Gasteiger partial charge >= 0.3 is 0 Å². The summed E-state index contributed by atoms with van der Waals surface area (Å²) in [5.41, 5.74) is 0. The lowest BCUT2D eigenvalue weighted by atomic mass is 10.2. The van der Waals surface area contributed by atoms with Crippen molar-refractivity contribution < 1.29 is 8.42 Å². The van der Waals surface area contributed by atoms with E-state index >= 15 is 0 Å². The molecule has 21 heavy (non-hydrogen) atoms. The van der Waals surface area contributed by atoms with Gasteiger partial charge in [-0.3, -0.25) is 4.40 Å². The second kappa shape index (κ2) is 7.48. The lowest BCUT2D eigenvalue weighted by molar-refractivity contribution is 0.572. The van der Waals surface area contributed by atoms with Crippen LogP contribution in [0.4, 0.5) is 5.82 Å². The lowest BCUT2D eigenvalue weighted by Crippen LogP contribution is -2.26. The largest absolute Gasteiger partial charge is 0.371 e. The molecule has 9 heteroatoms. The van der Waals surface area contributed by atoms with E-state index in [9.17, 15) is 8.42 Å². The Morgan fingerprint density at radius 3 is 2.90 bits per heavy atom. The number of nitrogens with zero attached hydrogens (tertiary/aromatic N) is 2. The summed E-state index contributed by atoms with van der Waals surface area (Å²) >= 11 is 3.22. The molecule has 0 fully saturated rings. The van der Waals surface area contributed by atoms with Gasteiger partial charge in [0, 0.05) is 25.2 Å². The van der Waals surface area contributed by atoms with Gasteiger partial charge in [-0.1, -0.05) is 6.42 Å². The summed E-state index contributed by atoms with van der Waals surface area (Å²) in [5, 5.41) is 4.86. The fraction of sp³-hybridized carbons (Fsp3) is 0.583. The first-order chi connectivity index (χ1) is 10.1. The molecule has 0 aliphatic carbocycles. The Morgan fingerprint density at radius 2 is 2.19 bits per heavy atom. The minimum absolute atomic E-state index is 0.186. The van der Waals surface area contributed by atoms with Crippen molar-refractivity contribution in [1.82, 2.24) is 14.1 Å². The van der Waals surface area contributed by atoms with E-state index in [1.807, 2.05) is 17.1 Å². The van der Waals surface area contributed by atoms with Crippen LogP contribution >= 0.6 is 23.1 Å². The minimum atomic E-state index is -3.56. The zero-order chi connectivity index (χ0) is 15.3. The highest BCUT2D eigenvalue weighted by Crippen LogP contribution is 2.25.